The molecule has 0 aliphatic heterocycles. The summed E-state index contributed by atoms with van der Waals surface area (Å²) in [6.45, 7) is 1.34. The molecule has 0 aliphatic carbocycles. The third kappa shape index (κ3) is 4.31. The summed E-state index contributed by atoms with van der Waals surface area (Å²) in [5, 5.41) is 8.25. The Hall–Kier alpha value is -2.63. The number of rotatable bonds is 6. The second kappa shape index (κ2) is 8.17. The quantitative estimate of drug-likeness (QED) is 0.724. The van der Waals surface area contributed by atoms with Crippen molar-refractivity contribution >= 4 is 17.5 Å². The molecule has 0 bridgehead atoms. The van der Waals surface area contributed by atoms with E-state index in [1.807, 2.05) is 61.5 Å². The number of nitrogens with one attached hydrogen (secondary N) is 1. The lowest BCUT2D eigenvalue weighted by Crippen LogP contribution is -2.31. The summed E-state index contributed by atoms with van der Waals surface area (Å²) in [6.07, 6.45) is 1.77. The highest BCUT2D eigenvalue weighted by Crippen LogP contribution is 2.25. The SMILES string of the molecule is CN(C)CCNC(=O)c1cn(-c2ccccc2)nc1-c1ccc(Cl)cc1. The molecule has 0 aliphatic rings. The molecule has 134 valence electrons. The van der Waals surface area contributed by atoms with Crippen molar-refractivity contribution in [3.63, 3.8) is 0 Å². The maximum Gasteiger partial charge on any atom is 0.255 e. The molecule has 1 N–H and O–H groups in total. The van der Waals surface area contributed by atoms with Gasteiger partial charge in [-0.25, -0.2) is 4.68 Å². The van der Waals surface area contributed by atoms with E-state index in [1.54, 1.807) is 23.0 Å². The molecule has 1 aromatic heterocycles. The molecule has 1 heterocycles. The van der Waals surface area contributed by atoms with Gasteiger partial charge in [-0.1, -0.05) is 41.9 Å². The van der Waals surface area contributed by atoms with E-state index in [4.69, 9.17) is 11.6 Å². The first-order chi connectivity index (χ1) is 12.5. The predicted molar refractivity (Wildman–Crippen MR) is 105 cm³/mol. The Labute approximate surface area is 158 Å². The summed E-state index contributed by atoms with van der Waals surface area (Å²) in [6, 6.07) is 17.1. The highest BCUT2D eigenvalue weighted by molar-refractivity contribution is 6.30. The van der Waals surface area contributed by atoms with Crippen molar-refractivity contribution in [2.75, 3.05) is 27.2 Å². The lowest BCUT2D eigenvalue weighted by Gasteiger charge is -2.10. The topological polar surface area (TPSA) is 50.2 Å². The van der Waals surface area contributed by atoms with E-state index < -0.39 is 0 Å². The van der Waals surface area contributed by atoms with Crippen LogP contribution in [0.4, 0.5) is 0 Å². The van der Waals surface area contributed by atoms with Crippen LogP contribution in [-0.4, -0.2) is 47.8 Å². The first-order valence-corrected chi connectivity index (χ1v) is 8.76. The van der Waals surface area contributed by atoms with Crippen LogP contribution in [0.25, 0.3) is 16.9 Å². The molecular weight excluding hydrogens is 348 g/mol. The molecule has 0 fully saturated rings. The van der Waals surface area contributed by atoms with Gasteiger partial charge in [-0.3, -0.25) is 4.79 Å². The van der Waals surface area contributed by atoms with Gasteiger partial charge in [0.1, 0.15) is 5.69 Å². The van der Waals surface area contributed by atoms with Crippen LogP contribution in [0.2, 0.25) is 5.02 Å². The number of carbonyl (C=O) groups is 1. The molecule has 0 saturated heterocycles. The van der Waals surface area contributed by atoms with Crippen molar-refractivity contribution in [3.8, 4) is 16.9 Å². The molecule has 3 aromatic rings. The van der Waals surface area contributed by atoms with Gasteiger partial charge in [0.2, 0.25) is 0 Å². The molecule has 26 heavy (non-hydrogen) atoms. The number of carbonyl (C=O) groups excluding carboxylic acids is 1. The summed E-state index contributed by atoms with van der Waals surface area (Å²) >= 11 is 5.99. The number of benzene rings is 2. The lowest BCUT2D eigenvalue weighted by molar-refractivity contribution is 0.0951. The molecule has 5 nitrogen and oxygen atoms in total. The van der Waals surface area contributed by atoms with Crippen molar-refractivity contribution in [2.45, 2.75) is 0 Å². The molecule has 0 radical (unpaired) electrons. The summed E-state index contributed by atoms with van der Waals surface area (Å²) in [4.78, 5) is 14.7. The van der Waals surface area contributed by atoms with Crippen LogP contribution >= 0.6 is 11.6 Å². The molecular formula is C20H21ClN4O. The standard InChI is InChI=1S/C20H21ClN4O/c1-24(2)13-12-22-20(26)18-14-25(17-6-4-3-5-7-17)23-19(18)15-8-10-16(21)11-9-15/h3-11,14H,12-13H2,1-2H3,(H,22,26). The maximum absolute atomic E-state index is 12.7. The zero-order chi connectivity index (χ0) is 18.5. The Morgan fingerprint density at radius 3 is 2.46 bits per heavy atom. The third-order valence-corrected chi connectivity index (χ3v) is 4.19. The zero-order valence-corrected chi connectivity index (χ0v) is 15.6. The van der Waals surface area contributed by atoms with Crippen molar-refractivity contribution in [2.24, 2.45) is 0 Å². The number of likely N-dealkylation sites (N-methyl/N-ethyl adjacent to an activating group) is 1. The van der Waals surface area contributed by atoms with Crippen LogP contribution < -0.4 is 5.32 Å². The van der Waals surface area contributed by atoms with Gasteiger partial charge >= 0.3 is 0 Å². The van der Waals surface area contributed by atoms with E-state index in [2.05, 4.69) is 10.4 Å². The highest BCUT2D eigenvalue weighted by atomic mass is 35.5. The Kier molecular flexibility index (Phi) is 5.71. The Balaban J connectivity index is 1.96. The first kappa shape index (κ1) is 18.2. The Bertz CT molecular complexity index is 873. The maximum atomic E-state index is 12.7. The second-order valence-corrected chi connectivity index (χ2v) is 6.67. The summed E-state index contributed by atoms with van der Waals surface area (Å²) in [5.74, 6) is -0.140. The van der Waals surface area contributed by atoms with Crippen molar-refractivity contribution in [1.29, 1.82) is 0 Å². The third-order valence-electron chi connectivity index (χ3n) is 3.94. The largest absolute Gasteiger partial charge is 0.351 e. The normalized spacial score (nSPS) is 10.9. The zero-order valence-electron chi connectivity index (χ0n) is 14.8. The van der Waals surface area contributed by atoms with Crippen molar-refractivity contribution in [3.05, 3.63) is 71.4 Å². The number of hydrogen-bond acceptors (Lipinski definition) is 3. The summed E-state index contributed by atoms with van der Waals surface area (Å²) in [7, 11) is 3.94. The van der Waals surface area contributed by atoms with Crippen LogP contribution in [0.1, 0.15) is 10.4 Å². The number of amides is 1. The van der Waals surface area contributed by atoms with Gasteiger partial charge in [-0.15, -0.1) is 0 Å². The number of hydrogen-bond donors (Lipinski definition) is 1. The Morgan fingerprint density at radius 2 is 1.81 bits per heavy atom. The van der Waals surface area contributed by atoms with Crippen molar-refractivity contribution < 1.29 is 4.79 Å². The van der Waals surface area contributed by atoms with Crippen LogP contribution in [0.3, 0.4) is 0 Å². The number of halogens is 1. The molecule has 0 spiro atoms. The van der Waals surface area contributed by atoms with Gasteiger partial charge in [0.15, 0.2) is 0 Å². The number of aromatic nitrogens is 2. The van der Waals surface area contributed by atoms with Gasteiger partial charge in [0, 0.05) is 29.9 Å². The van der Waals surface area contributed by atoms with E-state index in [0.717, 1.165) is 17.8 Å². The second-order valence-electron chi connectivity index (χ2n) is 6.24. The molecule has 0 saturated carbocycles. The number of nitrogens with zero attached hydrogens (tertiary/aromatic N) is 3. The van der Waals surface area contributed by atoms with E-state index in [9.17, 15) is 4.79 Å². The molecule has 2 aromatic carbocycles. The first-order valence-electron chi connectivity index (χ1n) is 8.38. The lowest BCUT2D eigenvalue weighted by atomic mass is 10.1. The average molecular weight is 369 g/mol. The van der Waals surface area contributed by atoms with E-state index in [0.29, 0.717) is 22.8 Å². The van der Waals surface area contributed by atoms with Crippen LogP contribution in [0, 0.1) is 0 Å². The number of para-hydroxylation sites is 1. The monoisotopic (exact) mass is 368 g/mol. The fourth-order valence-electron chi connectivity index (χ4n) is 2.56. The smallest absolute Gasteiger partial charge is 0.255 e. The van der Waals surface area contributed by atoms with Crippen LogP contribution in [0.15, 0.2) is 60.8 Å². The summed E-state index contributed by atoms with van der Waals surface area (Å²) < 4.78 is 1.73. The molecule has 6 heteroatoms. The average Bonchev–Trinajstić information content (AvgIpc) is 3.08. The van der Waals surface area contributed by atoms with Gasteiger partial charge < -0.3 is 10.2 Å². The fourth-order valence-corrected chi connectivity index (χ4v) is 2.69. The minimum Gasteiger partial charge on any atom is -0.351 e. The predicted octanol–water partition coefficient (Wildman–Crippen LogP) is 3.48. The van der Waals surface area contributed by atoms with Gasteiger partial charge in [0.25, 0.3) is 5.91 Å². The van der Waals surface area contributed by atoms with E-state index in [-0.39, 0.29) is 5.91 Å². The van der Waals surface area contributed by atoms with E-state index in [1.165, 1.54) is 0 Å². The van der Waals surface area contributed by atoms with Gasteiger partial charge in [-0.05, 0) is 38.4 Å². The van der Waals surface area contributed by atoms with Crippen molar-refractivity contribution in [1.82, 2.24) is 20.0 Å². The highest BCUT2D eigenvalue weighted by Gasteiger charge is 2.18. The van der Waals surface area contributed by atoms with Gasteiger partial charge in [0.05, 0.1) is 11.3 Å². The minimum atomic E-state index is -0.140. The fraction of sp³-hybridized carbons (Fsp3) is 0.200. The molecule has 0 atom stereocenters. The van der Waals surface area contributed by atoms with Crippen LogP contribution in [0.5, 0.6) is 0 Å². The van der Waals surface area contributed by atoms with E-state index >= 15 is 0 Å². The van der Waals surface area contributed by atoms with Gasteiger partial charge in [-0.2, -0.15) is 5.10 Å². The molecule has 1 amide bonds. The summed E-state index contributed by atoms with van der Waals surface area (Å²) in [5.41, 5.74) is 2.92. The Morgan fingerprint density at radius 1 is 1.12 bits per heavy atom. The minimum absolute atomic E-state index is 0.140. The van der Waals surface area contributed by atoms with Crippen LogP contribution in [-0.2, 0) is 0 Å². The molecule has 3 rings (SSSR count). The molecule has 0 unspecified atom stereocenters.